The van der Waals surface area contributed by atoms with Crippen LogP contribution in [0.5, 0.6) is 11.5 Å². The third kappa shape index (κ3) is 6.36. The predicted octanol–water partition coefficient (Wildman–Crippen LogP) is 4.04. The normalized spacial score (nSPS) is 18.4. The summed E-state index contributed by atoms with van der Waals surface area (Å²) in [6.07, 6.45) is 1.59. The van der Waals surface area contributed by atoms with Gasteiger partial charge in [0.05, 0.1) is 11.1 Å². The second-order valence-electron chi connectivity index (χ2n) is 7.58. The van der Waals surface area contributed by atoms with Gasteiger partial charge in [-0.05, 0) is 80.7 Å². The zero-order chi connectivity index (χ0) is 19.3. The molecule has 26 heavy (non-hydrogen) atoms. The maximum atomic E-state index is 12.0. The maximum Gasteiger partial charge on any atom is 0.407 e. The number of phenols is 1. The molecule has 0 radical (unpaired) electrons. The van der Waals surface area contributed by atoms with Gasteiger partial charge in [-0.1, -0.05) is 0 Å². The molecule has 0 aromatic heterocycles. The van der Waals surface area contributed by atoms with Crippen molar-refractivity contribution in [1.29, 1.82) is 0 Å². The number of phenolic OH excluding ortho intramolecular Hbond substituents is 1. The number of amides is 1. The number of nitrogens with zero attached hydrogens (tertiary/aromatic N) is 1. The number of aromatic hydroxyl groups is 1. The fourth-order valence-electron chi connectivity index (χ4n) is 3.03. The number of rotatable bonds is 5. The number of benzene rings is 1. The Hall–Kier alpha value is -1.47. The van der Waals surface area contributed by atoms with Gasteiger partial charge in [0.1, 0.15) is 5.60 Å². The first-order chi connectivity index (χ1) is 12.2. The quantitative estimate of drug-likeness (QED) is 0.739. The minimum Gasteiger partial charge on any atom is -0.503 e. The number of hydrogen-bond donors (Lipinski definition) is 2. The molecule has 1 aromatic rings. The van der Waals surface area contributed by atoms with Crippen molar-refractivity contribution in [3.63, 3.8) is 0 Å². The van der Waals surface area contributed by atoms with Crippen LogP contribution in [0, 0.1) is 0 Å². The van der Waals surface area contributed by atoms with Crippen molar-refractivity contribution in [3.8, 4) is 11.5 Å². The Balaban J connectivity index is 1.97. The Morgan fingerprint density at radius 3 is 2.81 bits per heavy atom. The second kappa shape index (κ2) is 8.95. The lowest BCUT2D eigenvalue weighted by Crippen LogP contribution is -2.48. The second-order valence-corrected chi connectivity index (χ2v) is 8.43. The Morgan fingerprint density at radius 2 is 2.15 bits per heavy atom. The number of carbonyl (C=O) groups is 1. The predicted molar refractivity (Wildman–Crippen MR) is 105 cm³/mol. The summed E-state index contributed by atoms with van der Waals surface area (Å²) >= 11 is 3.38. The van der Waals surface area contributed by atoms with Gasteiger partial charge in [-0.15, -0.1) is 0 Å². The highest BCUT2D eigenvalue weighted by molar-refractivity contribution is 9.10. The largest absolute Gasteiger partial charge is 0.503 e. The van der Waals surface area contributed by atoms with Gasteiger partial charge in [-0.2, -0.15) is 0 Å². The fourth-order valence-corrected chi connectivity index (χ4v) is 3.52. The standard InChI is InChI=1S/C19H29BrN2O4/c1-5-25-16-10-13(9-15(20)17(16)23)11-22-8-6-7-14(12-22)21-18(24)26-19(2,3)4/h9-10,14,23H,5-8,11-12H2,1-4H3,(H,21,24)/t14-/m1/s1. The van der Waals surface area contributed by atoms with Gasteiger partial charge >= 0.3 is 6.09 Å². The molecule has 0 bridgehead atoms. The van der Waals surface area contributed by atoms with Crippen LogP contribution in [-0.4, -0.2) is 47.4 Å². The highest BCUT2D eigenvalue weighted by Crippen LogP contribution is 2.36. The van der Waals surface area contributed by atoms with E-state index in [1.165, 1.54) is 0 Å². The van der Waals surface area contributed by atoms with Gasteiger partial charge < -0.3 is 19.9 Å². The molecule has 1 aliphatic rings. The summed E-state index contributed by atoms with van der Waals surface area (Å²) < 4.78 is 11.5. The van der Waals surface area contributed by atoms with Crippen LogP contribution in [0.4, 0.5) is 4.79 Å². The summed E-state index contributed by atoms with van der Waals surface area (Å²) in [4.78, 5) is 14.3. The summed E-state index contributed by atoms with van der Waals surface area (Å²) in [6.45, 7) is 10.4. The van der Waals surface area contributed by atoms with Crippen molar-refractivity contribution in [2.45, 2.75) is 58.7 Å². The number of alkyl carbamates (subject to hydrolysis) is 1. The minimum absolute atomic E-state index is 0.0746. The lowest BCUT2D eigenvalue weighted by Gasteiger charge is -2.33. The lowest BCUT2D eigenvalue weighted by molar-refractivity contribution is 0.0470. The molecule has 1 heterocycles. The summed E-state index contributed by atoms with van der Waals surface area (Å²) in [5.74, 6) is 0.607. The summed E-state index contributed by atoms with van der Waals surface area (Å²) in [5, 5.41) is 13.0. The molecule has 7 heteroatoms. The van der Waals surface area contributed by atoms with Gasteiger partial charge in [0.15, 0.2) is 11.5 Å². The summed E-state index contributed by atoms with van der Waals surface area (Å²) in [6, 6.07) is 3.85. The van der Waals surface area contributed by atoms with Crippen LogP contribution in [0.1, 0.15) is 46.1 Å². The molecule has 1 fully saturated rings. The molecule has 0 saturated carbocycles. The molecule has 0 spiro atoms. The topological polar surface area (TPSA) is 71.0 Å². The van der Waals surface area contributed by atoms with E-state index in [-0.39, 0.29) is 17.9 Å². The molecule has 2 N–H and O–H groups in total. The van der Waals surface area contributed by atoms with Gasteiger partial charge in [-0.25, -0.2) is 4.79 Å². The molecule has 0 aliphatic carbocycles. The Bertz CT molecular complexity index is 631. The summed E-state index contributed by atoms with van der Waals surface area (Å²) in [5.41, 5.74) is 0.558. The fraction of sp³-hybridized carbons (Fsp3) is 0.632. The Morgan fingerprint density at radius 1 is 1.42 bits per heavy atom. The first kappa shape index (κ1) is 20.8. The van der Waals surface area contributed by atoms with E-state index in [0.717, 1.165) is 38.0 Å². The van der Waals surface area contributed by atoms with Crippen LogP contribution >= 0.6 is 15.9 Å². The van der Waals surface area contributed by atoms with Crippen LogP contribution in [0.15, 0.2) is 16.6 Å². The highest BCUT2D eigenvalue weighted by atomic mass is 79.9. The molecule has 1 saturated heterocycles. The van der Waals surface area contributed by atoms with Crippen LogP contribution in [0.3, 0.4) is 0 Å². The minimum atomic E-state index is -0.494. The zero-order valence-corrected chi connectivity index (χ0v) is 17.6. The smallest absolute Gasteiger partial charge is 0.407 e. The van der Waals surface area contributed by atoms with Crippen LogP contribution < -0.4 is 10.1 Å². The van der Waals surface area contributed by atoms with Crippen molar-refractivity contribution in [1.82, 2.24) is 10.2 Å². The lowest BCUT2D eigenvalue weighted by atomic mass is 10.0. The van der Waals surface area contributed by atoms with Crippen LogP contribution in [0.25, 0.3) is 0 Å². The van der Waals surface area contributed by atoms with Crippen molar-refractivity contribution < 1.29 is 19.4 Å². The van der Waals surface area contributed by atoms with Gasteiger partial charge in [0.25, 0.3) is 0 Å². The maximum absolute atomic E-state index is 12.0. The number of piperidine rings is 1. The van der Waals surface area contributed by atoms with Gasteiger partial charge in [-0.3, -0.25) is 4.90 Å². The third-order valence-electron chi connectivity index (χ3n) is 4.02. The zero-order valence-electron chi connectivity index (χ0n) is 16.0. The van der Waals surface area contributed by atoms with Crippen molar-refractivity contribution in [3.05, 3.63) is 22.2 Å². The van der Waals surface area contributed by atoms with E-state index in [0.29, 0.717) is 16.8 Å². The average molecular weight is 429 g/mol. The Kier molecular flexibility index (Phi) is 7.17. The molecule has 1 aliphatic heterocycles. The van der Waals surface area contributed by atoms with Crippen molar-refractivity contribution in [2.75, 3.05) is 19.7 Å². The van der Waals surface area contributed by atoms with E-state index in [4.69, 9.17) is 9.47 Å². The number of ether oxygens (including phenoxy) is 2. The first-order valence-corrected chi connectivity index (χ1v) is 9.83. The molecule has 1 atom stereocenters. The number of hydrogen-bond acceptors (Lipinski definition) is 5. The van der Waals surface area contributed by atoms with E-state index in [9.17, 15) is 9.90 Å². The Labute approximate surface area is 164 Å². The monoisotopic (exact) mass is 428 g/mol. The number of likely N-dealkylation sites (tertiary alicyclic amines) is 1. The molecule has 1 amide bonds. The van der Waals surface area contributed by atoms with Crippen LogP contribution in [0.2, 0.25) is 0 Å². The van der Waals surface area contributed by atoms with E-state index < -0.39 is 5.60 Å². The SMILES string of the molecule is CCOc1cc(CN2CCC[C@@H](NC(=O)OC(C)(C)C)C2)cc(Br)c1O. The molecule has 2 rings (SSSR count). The number of carbonyl (C=O) groups excluding carboxylic acids is 1. The summed E-state index contributed by atoms with van der Waals surface area (Å²) in [7, 11) is 0. The number of halogens is 1. The van der Waals surface area contributed by atoms with Gasteiger partial charge in [0, 0.05) is 19.1 Å². The van der Waals surface area contributed by atoms with E-state index in [2.05, 4.69) is 26.1 Å². The van der Waals surface area contributed by atoms with Gasteiger partial charge in [0.2, 0.25) is 0 Å². The number of nitrogens with one attached hydrogen (secondary N) is 1. The average Bonchev–Trinajstić information content (AvgIpc) is 2.50. The highest BCUT2D eigenvalue weighted by Gasteiger charge is 2.24. The van der Waals surface area contributed by atoms with E-state index in [1.54, 1.807) is 0 Å². The third-order valence-corrected chi connectivity index (χ3v) is 4.63. The molecule has 6 nitrogen and oxygen atoms in total. The first-order valence-electron chi connectivity index (χ1n) is 9.04. The van der Waals surface area contributed by atoms with Crippen LogP contribution in [-0.2, 0) is 11.3 Å². The van der Waals surface area contributed by atoms with E-state index in [1.807, 2.05) is 39.8 Å². The molecular weight excluding hydrogens is 400 g/mol. The molecule has 1 aromatic carbocycles. The molecule has 146 valence electrons. The van der Waals surface area contributed by atoms with Crippen molar-refractivity contribution in [2.24, 2.45) is 0 Å². The molecular formula is C19H29BrN2O4. The van der Waals surface area contributed by atoms with E-state index >= 15 is 0 Å². The van der Waals surface area contributed by atoms with Crippen molar-refractivity contribution >= 4 is 22.0 Å². The molecule has 0 unspecified atom stereocenters.